The number of para-hydroxylation sites is 3. The van der Waals surface area contributed by atoms with E-state index in [9.17, 15) is 4.79 Å². The third kappa shape index (κ3) is 3.94. The van der Waals surface area contributed by atoms with E-state index in [1.54, 1.807) is 4.90 Å². The third-order valence-electron chi connectivity index (χ3n) is 4.65. The Hall–Kier alpha value is -3.05. The number of fused-ring (bicyclic) bond motifs is 1. The number of imidazole rings is 1. The number of hydrogen-bond acceptors (Lipinski definition) is 3. The standard InChI is InChI=1S/C23H21N3OS/c1-25(19-12-6-3-7-13-19)22(27)17-28-23-24-20-14-8-9-15-21(20)26(23)16-18-10-4-2-5-11-18/h2-15H,16-17H2,1H3. The lowest BCUT2D eigenvalue weighted by atomic mass is 10.2. The Bertz CT molecular complexity index is 1080. The van der Waals surface area contributed by atoms with E-state index in [1.807, 2.05) is 73.8 Å². The summed E-state index contributed by atoms with van der Waals surface area (Å²) in [6, 6.07) is 28.1. The monoisotopic (exact) mass is 387 g/mol. The molecule has 0 aliphatic carbocycles. The van der Waals surface area contributed by atoms with Crippen LogP contribution in [-0.2, 0) is 11.3 Å². The molecular weight excluding hydrogens is 366 g/mol. The van der Waals surface area contributed by atoms with Crippen LogP contribution >= 0.6 is 11.8 Å². The van der Waals surface area contributed by atoms with Gasteiger partial charge >= 0.3 is 0 Å². The van der Waals surface area contributed by atoms with Gasteiger partial charge in [-0.25, -0.2) is 4.98 Å². The summed E-state index contributed by atoms with van der Waals surface area (Å²) >= 11 is 1.48. The quantitative estimate of drug-likeness (QED) is 0.444. The second-order valence-electron chi connectivity index (χ2n) is 6.53. The molecule has 0 aliphatic rings. The minimum Gasteiger partial charge on any atom is -0.315 e. The fourth-order valence-electron chi connectivity index (χ4n) is 3.10. The second kappa shape index (κ2) is 8.31. The summed E-state index contributed by atoms with van der Waals surface area (Å²) in [6.07, 6.45) is 0. The highest BCUT2D eigenvalue weighted by Gasteiger charge is 2.16. The van der Waals surface area contributed by atoms with Gasteiger partial charge < -0.3 is 9.47 Å². The molecule has 0 aliphatic heterocycles. The molecule has 0 bridgehead atoms. The highest BCUT2D eigenvalue weighted by atomic mass is 32.2. The molecule has 1 aromatic heterocycles. The van der Waals surface area contributed by atoms with Crippen molar-refractivity contribution in [2.75, 3.05) is 17.7 Å². The molecule has 0 saturated heterocycles. The van der Waals surface area contributed by atoms with Crippen molar-refractivity contribution in [2.24, 2.45) is 0 Å². The summed E-state index contributed by atoms with van der Waals surface area (Å²) < 4.78 is 2.19. The number of rotatable bonds is 6. The predicted molar refractivity (Wildman–Crippen MR) is 116 cm³/mol. The molecule has 0 fully saturated rings. The van der Waals surface area contributed by atoms with Crippen LogP contribution in [0.25, 0.3) is 11.0 Å². The van der Waals surface area contributed by atoms with E-state index in [2.05, 4.69) is 22.8 Å². The van der Waals surface area contributed by atoms with E-state index in [1.165, 1.54) is 17.3 Å². The number of amides is 1. The van der Waals surface area contributed by atoms with Crippen LogP contribution < -0.4 is 4.90 Å². The number of carbonyl (C=O) groups excluding carboxylic acids is 1. The van der Waals surface area contributed by atoms with Gasteiger partial charge in [0.2, 0.25) is 5.91 Å². The van der Waals surface area contributed by atoms with Crippen molar-refractivity contribution < 1.29 is 4.79 Å². The first kappa shape index (κ1) is 18.3. The number of hydrogen-bond donors (Lipinski definition) is 0. The Labute approximate surface area is 168 Å². The van der Waals surface area contributed by atoms with Gasteiger partial charge in [-0.05, 0) is 29.8 Å². The van der Waals surface area contributed by atoms with E-state index in [-0.39, 0.29) is 5.91 Å². The van der Waals surface area contributed by atoms with Crippen molar-refractivity contribution in [3.05, 3.63) is 90.5 Å². The maximum atomic E-state index is 12.7. The number of aromatic nitrogens is 2. The Kier molecular flexibility index (Phi) is 5.44. The zero-order chi connectivity index (χ0) is 19.3. The van der Waals surface area contributed by atoms with Crippen LogP contribution in [0.15, 0.2) is 90.1 Å². The summed E-state index contributed by atoms with van der Waals surface area (Å²) in [6.45, 7) is 0.729. The van der Waals surface area contributed by atoms with Gasteiger partial charge in [0.1, 0.15) is 0 Å². The van der Waals surface area contributed by atoms with Crippen LogP contribution in [0.4, 0.5) is 5.69 Å². The van der Waals surface area contributed by atoms with Crippen molar-refractivity contribution in [3.8, 4) is 0 Å². The molecule has 0 N–H and O–H groups in total. The van der Waals surface area contributed by atoms with Crippen LogP contribution in [0.5, 0.6) is 0 Å². The molecule has 5 heteroatoms. The lowest BCUT2D eigenvalue weighted by molar-refractivity contribution is -0.115. The van der Waals surface area contributed by atoms with Gasteiger partial charge in [-0.3, -0.25) is 4.79 Å². The van der Waals surface area contributed by atoms with Gasteiger partial charge in [-0.15, -0.1) is 0 Å². The zero-order valence-corrected chi connectivity index (χ0v) is 16.5. The van der Waals surface area contributed by atoms with Gasteiger partial charge in [0.25, 0.3) is 0 Å². The van der Waals surface area contributed by atoms with Crippen LogP contribution in [0.3, 0.4) is 0 Å². The highest BCUT2D eigenvalue weighted by Crippen LogP contribution is 2.26. The average molecular weight is 388 g/mol. The Morgan fingerprint density at radius 2 is 1.57 bits per heavy atom. The first-order chi connectivity index (χ1) is 13.7. The number of nitrogens with zero attached hydrogens (tertiary/aromatic N) is 3. The molecule has 28 heavy (non-hydrogen) atoms. The highest BCUT2D eigenvalue weighted by molar-refractivity contribution is 7.99. The molecule has 0 spiro atoms. The fourth-order valence-corrected chi connectivity index (χ4v) is 4.03. The Morgan fingerprint density at radius 1 is 0.929 bits per heavy atom. The van der Waals surface area contributed by atoms with Crippen molar-refractivity contribution in [3.63, 3.8) is 0 Å². The molecule has 1 amide bonds. The van der Waals surface area contributed by atoms with Gasteiger partial charge in [-0.1, -0.05) is 72.4 Å². The predicted octanol–water partition coefficient (Wildman–Crippen LogP) is 4.84. The van der Waals surface area contributed by atoms with Crippen LogP contribution in [-0.4, -0.2) is 28.3 Å². The number of carbonyl (C=O) groups is 1. The van der Waals surface area contributed by atoms with Crippen LogP contribution in [0, 0.1) is 0 Å². The van der Waals surface area contributed by atoms with Crippen molar-refractivity contribution in [1.82, 2.24) is 9.55 Å². The van der Waals surface area contributed by atoms with E-state index >= 15 is 0 Å². The number of anilines is 1. The third-order valence-corrected chi connectivity index (χ3v) is 5.61. The second-order valence-corrected chi connectivity index (χ2v) is 7.47. The smallest absolute Gasteiger partial charge is 0.237 e. The Morgan fingerprint density at radius 3 is 2.32 bits per heavy atom. The van der Waals surface area contributed by atoms with Crippen molar-refractivity contribution >= 4 is 34.4 Å². The minimum atomic E-state index is 0.0505. The minimum absolute atomic E-state index is 0.0505. The van der Waals surface area contributed by atoms with Crippen LogP contribution in [0.2, 0.25) is 0 Å². The molecule has 4 aromatic rings. The number of benzene rings is 3. The van der Waals surface area contributed by atoms with Crippen LogP contribution in [0.1, 0.15) is 5.56 Å². The Balaban J connectivity index is 1.56. The van der Waals surface area contributed by atoms with E-state index in [4.69, 9.17) is 4.98 Å². The molecule has 3 aromatic carbocycles. The maximum Gasteiger partial charge on any atom is 0.237 e. The van der Waals surface area contributed by atoms with E-state index in [0.717, 1.165) is 28.4 Å². The topological polar surface area (TPSA) is 38.1 Å². The van der Waals surface area contributed by atoms with E-state index < -0.39 is 0 Å². The first-order valence-corrected chi connectivity index (χ1v) is 10.1. The molecular formula is C23H21N3OS. The largest absolute Gasteiger partial charge is 0.315 e. The summed E-state index contributed by atoms with van der Waals surface area (Å²) in [5, 5.41) is 0.861. The molecule has 0 radical (unpaired) electrons. The van der Waals surface area contributed by atoms with Gasteiger partial charge in [0, 0.05) is 12.7 Å². The van der Waals surface area contributed by atoms with Gasteiger partial charge in [0.05, 0.1) is 23.3 Å². The number of thioether (sulfide) groups is 1. The summed E-state index contributed by atoms with van der Waals surface area (Å²) in [5.41, 5.74) is 4.13. The molecule has 0 atom stereocenters. The maximum absolute atomic E-state index is 12.7. The van der Waals surface area contributed by atoms with Crippen molar-refractivity contribution in [1.29, 1.82) is 0 Å². The fraction of sp³-hybridized carbons (Fsp3) is 0.130. The molecule has 1 heterocycles. The lowest BCUT2D eigenvalue weighted by Gasteiger charge is -2.17. The molecule has 0 unspecified atom stereocenters. The lowest BCUT2D eigenvalue weighted by Crippen LogP contribution is -2.27. The van der Waals surface area contributed by atoms with Crippen molar-refractivity contribution in [2.45, 2.75) is 11.7 Å². The summed E-state index contributed by atoms with van der Waals surface area (Å²) in [4.78, 5) is 19.1. The average Bonchev–Trinajstić information content (AvgIpc) is 3.10. The van der Waals surface area contributed by atoms with Gasteiger partial charge in [0.15, 0.2) is 5.16 Å². The summed E-state index contributed by atoms with van der Waals surface area (Å²) in [5.74, 6) is 0.387. The normalized spacial score (nSPS) is 10.9. The first-order valence-electron chi connectivity index (χ1n) is 9.16. The molecule has 140 valence electrons. The summed E-state index contributed by atoms with van der Waals surface area (Å²) in [7, 11) is 1.81. The van der Waals surface area contributed by atoms with E-state index in [0.29, 0.717) is 5.75 Å². The molecule has 4 rings (SSSR count). The molecule has 4 nitrogen and oxygen atoms in total. The molecule has 0 saturated carbocycles. The zero-order valence-electron chi connectivity index (χ0n) is 15.7. The SMILES string of the molecule is CN(C(=O)CSc1nc2ccccc2n1Cc1ccccc1)c1ccccc1. The van der Waals surface area contributed by atoms with Gasteiger partial charge in [-0.2, -0.15) is 0 Å².